The monoisotopic (exact) mass is 417 g/mol. The number of nitrogens with zero attached hydrogens (tertiary/aromatic N) is 5. The second-order valence-corrected chi connectivity index (χ2v) is 7.57. The fourth-order valence-corrected chi connectivity index (χ4v) is 3.85. The molecule has 0 radical (unpaired) electrons. The number of halogens is 1. The molecule has 0 unspecified atom stereocenters. The molecule has 0 saturated heterocycles. The molecule has 0 aliphatic carbocycles. The van der Waals surface area contributed by atoms with Crippen LogP contribution in [0.25, 0.3) is 5.65 Å². The Morgan fingerprint density at radius 1 is 1.10 bits per heavy atom. The Morgan fingerprint density at radius 2 is 1.94 bits per heavy atom. The largest absolute Gasteiger partial charge is 0.453 e. The predicted molar refractivity (Wildman–Crippen MR) is 114 cm³/mol. The number of rotatable bonds is 3. The maximum absolute atomic E-state index is 13.9. The zero-order chi connectivity index (χ0) is 21.5. The van der Waals surface area contributed by atoms with Crippen LogP contribution >= 0.6 is 0 Å². The standard InChI is InChI=1S/C23H20FN5O2/c1-14-15(2)23(27-29-21(30)7-9-25-22(14)29)28-10-8-19-16(13-28)11-17(12-26-19)31-20-6-4-3-5-18(20)24/h3-7,9,11-12H,8,10,13H2,1-2H3. The minimum atomic E-state index is -0.424. The number of hydrogen-bond acceptors (Lipinski definition) is 6. The molecule has 0 spiro atoms. The minimum absolute atomic E-state index is 0.159. The normalized spacial score (nSPS) is 13.3. The Morgan fingerprint density at radius 3 is 2.77 bits per heavy atom. The molecule has 1 aromatic carbocycles. The van der Waals surface area contributed by atoms with Crippen LogP contribution in [-0.4, -0.2) is 26.1 Å². The lowest BCUT2D eigenvalue weighted by Crippen LogP contribution is -2.33. The summed E-state index contributed by atoms with van der Waals surface area (Å²) in [6.45, 7) is 5.22. The van der Waals surface area contributed by atoms with E-state index in [2.05, 4.69) is 20.0 Å². The fraction of sp³-hybridized carbons (Fsp3) is 0.217. The molecular formula is C23H20FN5O2. The van der Waals surface area contributed by atoms with Crippen LogP contribution in [0.2, 0.25) is 0 Å². The zero-order valence-corrected chi connectivity index (χ0v) is 17.2. The molecule has 31 heavy (non-hydrogen) atoms. The quantitative estimate of drug-likeness (QED) is 0.507. The van der Waals surface area contributed by atoms with Gasteiger partial charge in [0.05, 0.1) is 6.20 Å². The Balaban J connectivity index is 1.49. The van der Waals surface area contributed by atoms with E-state index in [1.165, 1.54) is 22.8 Å². The van der Waals surface area contributed by atoms with Crippen LogP contribution in [0.15, 0.2) is 53.6 Å². The van der Waals surface area contributed by atoms with Gasteiger partial charge < -0.3 is 9.64 Å². The van der Waals surface area contributed by atoms with Crippen LogP contribution in [-0.2, 0) is 13.0 Å². The van der Waals surface area contributed by atoms with Crippen molar-refractivity contribution >= 4 is 11.5 Å². The summed E-state index contributed by atoms with van der Waals surface area (Å²) >= 11 is 0. The Labute approximate surface area is 177 Å². The van der Waals surface area contributed by atoms with Crippen molar-refractivity contribution in [3.05, 3.63) is 87.3 Å². The first-order valence-electron chi connectivity index (χ1n) is 10.0. The van der Waals surface area contributed by atoms with Gasteiger partial charge in [0.1, 0.15) is 5.75 Å². The van der Waals surface area contributed by atoms with Gasteiger partial charge in [0.25, 0.3) is 5.56 Å². The Kier molecular flexibility index (Phi) is 4.62. The summed E-state index contributed by atoms with van der Waals surface area (Å²) in [4.78, 5) is 23.3. The first kappa shape index (κ1) is 19.2. The Bertz CT molecular complexity index is 1370. The van der Waals surface area contributed by atoms with Crippen molar-refractivity contribution < 1.29 is 9.13 Å². The smallest absolute Gasteiger partial charge is 0.274 e. The summed E-state index contributed by atoms with van der Waals surface area (Å²) in [6.07, 6.45) is 3.86. The lowest BCUT2D eigenvalue weighted by atomic mass is 10.0. The summed E-state index contributed by atoms with van der Waals surface area (Å²) in [5.74, 6) is 0.954. The highest BCUT2D eigenvalue weighted by molar-refractivity contribution is 5.59. The minimum Gasteiger partial charge on any atom is -0.453 e. The van der Waals surface area contributed by atoms with Gasteiger partial charge in [0.15, 0.2) is 23.0 Å². The molecule has 0 saturated carbocycles. The summed E-state index contributed by atoms with van der Waals surface area (Å²) in [5.41, 5.74) is 4.21. The molecule has 0 fully saturated rings. The van der Waals surface area contributed by atoms with E-state index in [-0.39, 0.29) is 11.3 Å². The number of anilines is 1. The van der Waals surface area contributed by atoms with E-state index in [4.69, 9.17) is 4.74 Å². The van der Waals surface area contributed by atoms with E-state index in [1.54, 1.807) is 24.4 Å². The maximum atomic E-state index is 13.9. The number of ether oxygens (including phenoxy) is 1. The molecule has 1 aliphatic heterocycles. The van der Waals surface area contributed by atoms with E-state index in [0.29, 0.717) is 17.9 Å². The molecule has 8 heteroatoms. The molecule has 4 heterocycles. The molecule has 3 aromatic heterocycles. The third-order valence-corrected chi connectivity index (χ3v) is 5.63. The lowest BCUT2D eigenvalue weighted by Gasteiger charge is -2.30. The Hall–Kier alpha value is -3.81. The first-order valence-corrected chi connectivity index (χ1v) is 10.0. The molecule has 0 amide bonds. The number of hydrogen-bond donors (Lipinski definition) is 0. The highest BCUT2D eigenvalue weighted by atomic mass is 19.1. The molecule has 7 nitrogen and oxygen atoms in total. The van der Waals surface area contributed by atoms with Gasteiger partial charge in [-0.2, -0.15) is 4.52 Å². The third-order valence-electron chi connectivity index (χ3n) is 5.63. The highest BCUT2D eigenvalue weighted by Crippen LogP contribution is 2.30. The highest BCUT2D eigenvalue weighted by Gasteiger charge is 2.23. The van der Waals surface area contributed by atoms with Crippen molar-refractivity contribution in [3.63, 3.8) is 0 Å². The van der Waals surface area contributed by atoms with Gasteiger partial charge in [0.2, 0.25) is 0 Å². The topological polar surface area (TPSA) is 72.6 Å². The first-order chi connectivity index (χ1) is 15.0. The molecule has 156 valence electrons. The summed E-state index contributed by atoms with van der Waals surface area (Å²) in [5, 5.41) is 4.60. The van der Waals surface area contributed by atoms with E-state index >= 15 is 0 Å². The van der Waals surface area contributed by atoms with E-state index in [0.717, 1.165) is 41.2 Å². The van der Waals surface area contributed by atoms with Crippen LogP contribution in [0.5, 0.6) is 11.5 Å². The van der Waals surface area contributed by atoms with Crippen LogP contribution < -0.4 is 15.2 Å². The van der Waals surface area contributed by atoms with E-state index < -0.39 is 5.82 Å². The number of fused-ring (bicyclic) bond motifs is 2. The SMILES string of the molecule is Cc1c(N2CCc3ncc(Oc4ccccc4F)cc3C2)nn2c(=O)ccnc2c1C. The lowest BCUT2D eigenvalue weighted by molar-refractivity contribution is 0.439. The van der Waals surface area contributed by atoms with Crippen LogP contribution in [0.4, 0.5) is 10.2 Å². The number of para-hydroxylation sites is 1. The van der Waals surface area contributed by atoms with Crippen molar-refractivity contribution in [2.45, 2.75) is 26.8 Å². The van der Waals surface area contributed by atoms with Crippen LogP contribution in [0.1, 0.15) is 22.4 Å². The average Bonchev–Trinajstić information content (AvgIpc) is 2.78. The van der Waals surface area contributed by atoms with E-state index in [1.807, 2.05) is 19.9 Å². The third kappa shape index (κ3) is 3.39. The van der Waals surface area contributed by atoms with Crippen LogP contribution in [0.3, 0.4) is 0 Å². The van der Waals surface area contributed by atoms with Gasteiger partial charge in [-0.1, -0.05) is 12.1 Å². The van der Waals surface area contributed by atoms with Gasteiger partial charge in [-0.05, 0) is 37.6 Å². The summed E-state index contributed by atoms with van der Waals surface area (Å²) in [6, 6.07) is 9.57. The maximum Gasteiger partial charge on any atom is 0.274 e. The zero-order valence-electron chi connectivity index (χ0n) is 17.2. The summed E-state index contributed by atoms with van der Waals surface area (Å²) < 4.78 is 21.0. The molecule has 0 bridgehead atoms. The molecule has 4 aromatic rings. The van der Waals surface area contributed by atoms with Gasteiger partial charge >= 0.3 is 0 Å². The van der Waals surface area contributed by atoms with E-state index in [9.17, 15) is 9.18 Å². The van der Waals surface area contributed by atoms with Gasteiger partial charge in [-0.15, -0.1) is 5.10 Å². The fourth-order valence-electron chi connectivity index (χ4n) is 3.85. The summed E-state index contributed by atoms with van der Waals surface area (Å²) in [7, 11) is 0. The molecular weight excluding hydrogens is 397 g/mol. The van der Waals surface area contributed by atoms with Crippen molar-refractivity contribution in [1.82, 2.24) is 19.6 Å². The number of aryl methyl sites for hydroxylation is 1. The van der Waals surface area contributed by atoms with Gasteiger partial charge in [-0.3, -0.25) is 9.78 Å². The predicted octanol–water partition coefficient (Wildman–Crippen LogP) is 3.60. The van der Waals surface area contributed by atoms with Crippen molar-refractivity contribution in [3.8, 4) is 11.5 Å². The molecule has 0 N–H and O–H groups in total. The van der Waals surface area contributed by atoms with Crippen LogP contribution in [0, 0.1) is 19.7 Å². The number of benzene rings is 1. The molecule has 0 atom stereocenters. The number of aromatic nitrogens is 4. The average molecular weight is 417 g/mol. The van der Waals surface area contributed by atoms with Crippen molar-refractivity contribution in [2.75, 3.05) is 11.4 Å². The number of pyridine rings is 1. The van der Waals surface area contributed by atoms with Crippen molar-refractivity contribution in [1.29, 1.82) is 0 Å². The molecule has 1 aliphatic rings. The van der Waals surface area contributed by atoms with Crippen molar-refractivity contribution in [2.24, 2.45) is 0 Å². The van der Waals surface area contributed by atoms with Gasteiger partial charge in [0, 0.05) is 48.6 Å². The second kappa shape index (κ2) is 7.46. The second-order valence-electron chi connectivity index (χ2n) is 7.57. The van der Waals surface area contributed by atoms with Gasteiger partial charge in [-0.25, -0.2) is 9.37 Å². The molecule has 5 rings (SSSR count).